The standard InChI is InChI=1S/C16H20N2O/c1-2-12-4-3-9-18(11-12)16(19)14-6-5-13-7-8-17-15(13)10-14/h5-8,10,12,17H,2-4,9,11H2,1H3. The fraction of sp³-hybridized carbons (Fsp3) is 0.438. The molecule has 1 saturated heterocycles. The molecule has 1 fully saturated rings. The van der Waals surface area contributed by atoms with Crippen LogP contribution >= 0.6 is 0 Å². The van der Waals surface area contributed by atoms with Crippen molar-refractivity contribution in [1.29, 1.82) is 0 Å². The molecule has 100 valence electrons. The first-order valence-corrected chi connectivity index (χ1v) is 7.14. The molecule has 1 unspecified atom stereocenters. The minimum atomic E-state index is 0.176. The first-order valence-electron chi connectivity index (χ1n) is 7.14. The summed E-state index contributed by atoms with van der Waals surface area (Å²) in [5, 5.41) is 1.15. The van der Waals surface area contributed by atoms with Gasteiger partial charge in [0.25, 0.3) is 5.91 Å². The highest BCUT2D eigenvalue weighted by Crippen LogP contribution is 2.22. The molecule has 3 nitrogen and oxygen atoms in total. The number of nitrogens with one attached hydrogen (secondary N) is 1. The van der Waals surface area contributed by atoms with Crippen LogP contribution in [0.1, 0.15) is 36.5 Å². The molecule has 0 saturated carbocycles. The van der Waals surface area contributed by atoms with E-state index in [2.05, 4.69) is 11.9 Å². The molecule has 1 aliphatic heterocycles. The van der Waals surface area contributed by atoms with Crippen LogP contribution in [-0.4, -0.2) is 28.9 Å². The molecule has 0 radical (unpaired) electrons. The number of aromatic amines is 1. The molecule has 3 rings (SSSR count). The van der Waals surface area contributed by atoms with E-state index in [0.29, 0.717) is 5.92 Å². The number of carbonyl (C=O) groups is 1. The third-order valence-electron chi connectivity index (χ3n) is 4.19. The smallest absolute Gasteiger partial charge is 0.253 e. The third-order valence-corrected chi connectivity index (χ3v) is 4.19. The summed E-state index contributed by atoms with van der Waals surface area (Å²) >= 11 is 0. The second kappa shape index (κ2) is 5.08. The van der Waals surface area contributed by atoms with E-state index in [1.165, 1.54) is 12.8 Å². The second-order valence-corrected chi connectivity index (χ2v) is 5.45. The molecule has 1 atom stereocenters. The topological polar surface area (TPSA) is 36.1 Å². The summed E-state index contributed by atoms with van der Waals surface area (Å²) in [6, 6.07) is 7.94. The largest absolute Gasteiger partial charge is 0.361 e. The number of rotatable bonds is 2. The van der Waals surface area contributed by atoms with Gasteiger partial charge < -0.3 is 9.88 Å². The summed E-state index contributed by atoms with van der Waals surface area (Å²) in [5.41, 5.74) is 1.83. The number of aromatic nitrogens is 1. The summed E-state index contributed by atoms with van der Waals surface area (Å²) in [7, 11) is 0. The summed E-state index contributed by atoms with van der Waals surface area (Å²) in [5.74, 6) is 0.849. The molecule has 2 heterocycles. The van der Waals surface area contributed by atoms with Crippen molar-refractivity contribution in [3.05, 3.63) is 36.0 Å². The van der Waals surface area contributed by atoms with Gasteiger partial charge in [-0.2, -0.15) is 0 Å². The average molecular weight is 256 g/mol. The minimum absolute atomic E-state index is 0.176. The Morgan fingerprint density at radius 1 is 1.42 bits per heavy atom. The zero-order chi connectivity index (χ0) is 13.2. The van der Waals surface area contributed by atoms with Gasteiger partial charge in [0, 0.05) is 30.4 Å². The molecule has 1 aliphatic rings. The van der Waals surface area contributed by atoms with Crippen molar-refractivity contribution in [1.82, 2.24) is 9.88 Å². The number of hydrogen-bond acceptors (Lipinski definition) is 1. The van der Waals surface area contributed by atoms with E-state index in [0.717, 1.165) is 36.0 Å². The van der Waals surface area contributed by atoms with Gasteiger partial charge in [0.2, 0.25) is 0 Å². The third kappa shape index (κ3) is 2.37. The Hall–Kier alpha value is -1.77. The van der Waals surface area contributed by atoms with E-state index in [1.54, 1.807) is 0 Å². The van der Waals surface area contributed by atoms with Gasteiger partial charge in [0.05, 0.1) is 0 Å². The van der Waals surface area contributed by atoms with Crippen LogP contribution in [0, 0.1) is 5.92 Å². The highest BCUT2D eigenvalue weighted by Gasteiger charge is 2.23. The first kappa shape index (κ1) is 12.3. The van der Waals surface area contributed by atoms with Crippen molar-refractivity contribution in [2.24, 2.45) is 5.92 Å². The maximum Gasteiger partial charge on any atom is 0.253 e. The van der Waals surface area contributed by atoms with Crippen molar-refractivity contribution in [3.8, 4) is 0 Å². The van der Waals surface area contributed by atoms with Gasteiger partial charge in [0.15, 0.2) is 0 Å². The summed E-state index contributed by atoms with van der Waals surface area (Å²) in [6.07, 6.45) is 5.47. The van der Waals surface area contributed by atoms with Crippen LogP contribution in [0.5, 0.6) is 0 Å². The number of fused-ring (bicyclic) bond motifs is 1. The van der Waals surface area contributed by atoms with Gasteiger partial charge in [-0.15, -0.1) is 0 Å². The van der Waals surface area contributed by atoms with E-state index in [1.807, 2.05) is 35.4 Å². The normalized spacial score (nSPS) is 19.8. The van der Waals surface area contributed by atoms with Crippen molar-refractivity contribution >= 4 is 16.8 Å². The number of H-pyrrole nitrogens is 1. The Morgan fingerprint density at radius 2 is 2.32 bits per heavy atom. The Kier molecular flexibility index (Phi) is 3.28. The van der Waals surface area contributed by atoms with Crippen molar-refractivity contribution in [2.45, 2.75) is 26.2 Å². The molecular weight excluding hydrogens is 236 g/mol. The molecule has 1 aromatic heterocycles. The number of carbonyl (C=O) groups excluding carboxylic acids is 1. The lowest BCUT2D eigenvalue weighted by molar-refractivity contribution is 0.0671. The van der Waals surface area contributed by atoms with Gasteiger partial charge >= 0.3 is 0 Å². The van der Waals surface area contributed by atoms with Gasteiger partial charge in [-0.25, -0.2) is 0 Å². The molecule has 1 N–H and O–H groups in total. The fourth-order valence-electron chi connectivity index (χ4n) is 2.95. The molecule has 0 spiro atoms. The molecule has 2 aromatic rings. The lowest BCUT2D eigenvalue weighted by atomic mass is 9.95. The molecule has 19 heavy (non-hydrogen) atoms. The van der Waals surface area contributed by atoms with E-state index in [4.69, 9.17) is 0 Å². The van der Waals surface area contributed by atoms with Gasteiger partial charge in [-0.3, -0.25) is 4.79 Å². The SMILES string of the molecule is CCC1CCCN(C(=O)c2ccc3cc[nH]c3c2)C1. The van der Waals surface area contributed by atoms with E-state index in [9.17, 15) is 4.79 Å². The van der Waals surface area contributed by atoms with Gasteiger partial charge in [0.1, 0.15) is 0 Å². The summed E-state index contributed by atoms with van der Waals surface area (Å²) in [4.78, 5) is 17.7. The van der Waals surface area contributed by atoms with Crippen LogP contribution in [0.2, 0.25) is 0 Å². The Balaban J connectivity index is 1.82. The van der Waals surface area contributed by atoms with Gasteiger partial charge in [-0.1, -0.05) is 19.4 Å². The Morgan fingerprint density at radius 3 is 3.16 bits per heavy atom. The highest BCUT2D eigenvalue weighted by atomic mass is 16.2. The average Bonchev–Trinajstić information content (AvgIpc) is 2.94. The molecule has 1 aromatic carbocycles. The molecular formula is C16H20N2O. The molecule has 0 bridgehead atoms. The van der Waals surface area contributed by atoms with Crippen LogP contribution in [0.15, 0.2) is 30.5 Å². The lowest BCUT2D eigenvalue weighted by Gasteiger charge is -2.32. The van der Waals surface area contributed by atoms with E-state index in [-0.39, 0.29) is 5.91 Å². The highest BCUT2D eigenvalue weighted by molar-refractivity contribution is 5.98. The van der Waals surface area contributed by atoms with Gasteiger partial charge in [-0.05, 0) is 42.3 Å². The van der Waals surface area contributed by atoms with Crippen LogP contribution < -0.4 is 0 Å². The Labute approximate surface area is 113 Å². The maximum atomic E-state index is 12.5. The number of piperidine rings is 1. The van der Waals surface area contributed by atoms with E-state index >= 15 is 0 Å². The fourth-order valence-corrected chi connectivity index (χ4v) is 2.95. The number of amides is 1. The van der Waals surface area contributed by atoms with Crippen LogP contribution in [-0.2, 0) is 0 Å². The van der Waals surface area contributed by atoms with Crippen molar-refractivity contribution in [2.75, 3.05) is 13.1 Å². The predicted molar refractivity (Wildman–Crippen MR) is 77.2 cm³/mol. The number of nitrogens with zero attached hydrogens (tertiary/aromatic N) is 1. The quantitative estimate of drug-likeness (QED) is 0.878. The van der Waals surface area contributed by atoms with E-state index < -0.39 is 0 Å². The minimum Gasteiger partial charge on any atom is -0.361 e. The Bertz CT molecular complexity index is 587. The lowest BCUT2D eigenvalue weighted by Crippen LogP contribution is -2.39. The molecule has 3 heteroatoms. The molecule has 1 amide bonds. The first-order chi connectivity index (χ1) is 9.28. The second-order valence-electron chi connectivity index (χ2n) is 5.45. The summed E-state index contributed by atoms with van der Waals surface area (Å²) in [6.45, 7) is 4.03. The monoisotopic (exact) mass is 256 g/mol. The van der Waals surface area contributed by atoms with Crippen LogP contribution in [0.4, 0.5) is 0 Å². The van der Waals surface area contributed by atoms with Crippen molar-refractivity contribution in [3.63, 3.8) is 0 Å². The van der Waals surface area contributed by atoms with Crippen LogP contribution in [0.3, 0.4) is 0 Å². The number of hydrogen-bond donors (Lipinski definition) is 1. The number of likely N-dealkylation sites (tertiary alicyclic amines) is 1. The predicted octanol–water partition coefficient (Wildman–Crippen LogP) is 3.43. The van der Waals surface area contributed by atoms with Crippen LogP contribution in [0.25, 0.3) is 10.9 Å². The zero-order valence-electron chi connectivity index (χ0n) is 11.4. The summed E-state index contributed by atoms with van der Waals surface area (Å²) < 4.78 is 0. The van der Waals surface area contributed by atoms with Crippen molar-refractivity contribution < 1.29 is 4.79 Å². The zero-order valence-corrected chi connectivity index (χ0v) is 11.4. The number of benzene rings is 1. The molecule has 0 aliphatic carbocycles. The maximum absolute atomic E-state index is 12.5.